The second-order valence-electron chi connectivity index (χ2n) is 6.38. The van der Waals surface area contributed by atoms with E-state index in [2.05, 4.69) is 0 Å². The van der Waals surface area contributed by atoms with Crippen LogP contribution in [0.2, 0.25) is 0 Å². The van der Waals surface area contributed by atoms with E-state index in [1.54, 1.807) is 0 Å². The summed E-state index contributed by atoms with van der Waals surface area (Å²) in [6.07, 6.45) is 0.793. The second kappa shape index (κ2) is 10.7. The number of ether oxygens (including phenoxy) is 1. The third-order valence-electron chi connectivity index (χ3n) is 4.23. The predicted molar refractivity (Wildman–Crippen MR) is 112 cm³/mol. The molecule has 1 atom stereocenters. The zero-order chi connectivity index (χ0) is 19.6. The molecule has 0 amide bonds. The number of hydrogen-bond acceptors (Lipinski definition) is 2. The topological polar surface area (TPSA) is 9.23 Å². The Kier molecular flexibility index (Phi) is 7.68. The van der Waals surface area contributed by atoms with Crippen molar-refractivity contribution in [1.82, 2.24) is 0 Å². The first-order chi connectivity index (χ1) is 13.7. The molecule has 3 aromatic rings. The summed E-state index contributed by atoms with van der Waals surface area (Å²) in [7, 11) is 0. The smallest absolute Gasteiger partial charge is 0.267 e. The van der Waals surface area contributed by atoms with Crippen LogP contribution in [-0.2, 0) is 13.0 Å². The van der Waals surface area contributed by atoms with Crippen LogP contribution in [-0.4, -0.2) is 5.25 Å². The fraction of sp³-hybridized carbons (Fsp3) is 0.167. The van der Waals surface area contributed by atoms with Crippen LogP contribution in [0.15, 0.2) is 102 Å². The molecule has 0 spiro atoms. The van der Waals surface area contributed by atoms with Gasteiger partial charge in [0, 0.05) is 10.1 Å². The number of hydrogen-bond donors (Lipinski definition) is 0. The lowest BCUT2D eigenvalue weighted by molar-refractivity contribution is 0.306. The lowest BCUT2D eigenvalue weighted by atomic mass is 10.1. The van der Waals surface area contributed by atoms with Gasteiger partial charge in [-0.2, -0.15) is 8.78 Å². The van der Waals surface area contributed by atoms with Gasteiger partial charge in [0.05, 0.1) is 0 Å². The first kappa shape index (κ1) is 20.2. The van der Waals surface area contributed by atoms with Crippen LogP contribution < -0.4 is 4.74 Å². The van der Waals surface area contributed by atoms with Gasteiger partial charge in [0.15, 0.2) is 0 Å². The molecule has 3 rings (SSSR count). The van der Waals surface area contributed by atoms with Crippen molar-refractivity contribution < 1.29 is 13.5 Å². The Morgan fingerprint density at radius 3 is 2.11 bits per heavy atom. The molecule has 4 heteroatoms. The van der Waals surface area contributed by atoms with E-state index in [0.29, 0.717) is 13.0 Å². The molecule has 0 radical (unpaired) electrons. The zero-order valence-corrected chi connectivity index (χ0v) is 16.2. The summed E-state index contributed by atoms with van der Waals surface area (Å²) in [5, 5.41) is -0.263. The van der Waals surface area contributed by atoms with Gasteiger partial charge in [-0.15, -0.1) is 11.8 Å². The second-order valence-corrected chi connectivity index (χ2v) is 7.70. The molecule has 0 aliphatic rings. The van der Waals surface area contributed by atoms with Gasteiger partial charge in [-0.05, 0) is 54.3 Å². The van der Waals surface area contributed by atoms with Crippen LogP contribution in [0.4, 0.5) is 8.78 Å². The third-order valence-corrected chi connectivity index (χ3v) is 5.45. The molecule has 3 aromatic carbocycles. The summed E-state index contributed by atoms with van der Waals surface area (Å²) < 4.78 is 31.4. The van der Waals surface area contributed by atoms with E-state index < -0.39 is 6.08 Å². The average Bonchev–Trinajstić information content (AvgIpc) is 2.72. The number of rotatable bonds is 9. The molecule has 0 aromatic heterocycles. The molecule has 28 heavy (non-hydrogen) atoms. The minimum Gasteiger partial charge on any atom is -0.489 e. The molecule has 0 fully saturated rings. The summed E-state index contributed by atoms with van der Waals surface area (Å²) in [6.45, 7) is 0.524. The summed E-state index contributed by atoms with van der Waals surface area (Å²) in [4.78, 5) is 0.995. The Hall–Kier alpha value is -2.59. The number of halogens is 2. The van der Waals surface area contributed by atoms with E-state index in [-0.39, 0.29) is 5.25 Å². The third kappa shape index (κ3) is 6.86. The molecular weight excluding hydrogens is 374 g/mol. The van der Waals surface area contributed by atoms with E-state index in [9.17, 15) is 8.78 Å². The average molecular weight is 397 g/mol. The van der Waals surface area contributed by atoms with Gasteiger partial charge < -0.3 is 4.74 Å². The predicted octanol–water partition coefficient (Wildman–Crippen LogP) is 7.14. The van der Waals surface area contributed by atoms with E-state index in [1.807, 2.05) is 84.9 Å². The van der Waals surface area contributed by atoms with Gasteiger partial charge in [0.25, 0.3) is 6.08 Å². The molecule has 144 valence electrons. The van der Waals surface area contributed by atoms with Crippen molar-refractivity contribution in [2.75, 3.05) is 0 Å². The highest BCUT2D eigenvalue weighted by atomic mass is 32.2. The highest BCUT2D eigenvalue weighted by Gasteiger charge is 2.10. The maximum absolute atomic E-state index is 12.8. The van der Waals surface area contributed by atoms with Crippen molar-refractivity contribution in [1.29, 1.82) is 0 Å². The Bertz CT molecular complexity index is 860. The van der Waals surface area contributed by atoms with Crippen molar-refractivity contribution in [2.45, 2.75) is 29.6 Å². The highest BCUT2D eigenvalue weighted by molar-refractivity contribution is 8.00. The molecule has 0 N–H and O–H groups in total. The first-order valence-electron chi connectivity index (χ1n) is 9.19. The molecule has 0 unspecified atom stereocenters. The molecule has 0 saturated carbocycles. The van der Waals surface area contributed by atoms with Gasteiger partial charge in [0.2, 0.25) is 0 Å². The quantitative estimate of drug-likeness (QED) is 0.356. The van der Waals surface area contributed by atoms with Gasteiger partial charge in [-0.25, -0.2) is 0 Å². The fourth-order valence-electron chi connectivity index (χ4n) is 2.79. The van der Waals surface area contributed by atoms with Crippen molar-refractivity contribution in [3.8, 4) is 5.75 Å². The van der Waals surface area contributed by atoms with Crippen molar-refractivity contribution in [3.63, 3.8) is 0 Å². The SMILES string of the molecule is FC(F)=C[C@@H](CCc1ccc(OCc2ccccc2)cc1)Sc1ccccc1. The lowest BCUT2D eigenvalue weighted by Gasteiger charge is -2.13. The van der Waals surface area contributed by atoms with Crippen LogP contribution in [0.1, 0.15) is 17.5 Å². The van der Waals surface area contributed by atoms with Gasteiger partial charge in [-0.1, -0.05) is 60.7 Å². The Balaban J connectivity index is 1.53. The highest BCUT2D eigenvalue weighted by Crippen LogP contribution is 2.28. The summed E-state index contributed by atoms with van der Waals surface area (Å²) in [5.41, 5.74) is 2.23. The van der Waals surface area contributed by atoms with Gasteiger partial charge >= 0.3 is 0 Å². The van der Waals surface area contributed by atoms with Crippen molar-refractivity contribution in [3.05, 3.63) is 108 Å². The first-order valence-corrected chi connectivity index (χ1v) is 10.1. The fourth-order valence-corrected chi connectivity index (χ4v) is 3.86. The normalized spacial score (nSPS) is 11.6. The molecule has 0 bridgehead atoms. The summed E-state index contributed by atoms with van der Waals surface area (Å²) in [6, 6.07) is 27.5. The lowest BCUT2D eigenvalue weighted by Crippen LogP contribution is -2.02. The Morgan fingerprint density at radius 2 is 1.46 bits per heavy atom. The monoisotopic (exact) mass is 396 g/mol. The molecule has 1 nitrogen and oxygen atoms in total. The number of benzene rings is 3. The van der Waals surface area contributed by atoms with Crippen LogP contribution in [0.5, 0.6) is 5.75 Å². The maximum Gasteiger partial charge on any atom is 0.267 e. The van der Waals surface area contributed by atoms with Crippen molar-refractivity contribution >= 4 is 11.8 Å². The molecule has 0 heterocycles. The summed E-state index contributed by atoms with van der Waals surface area (Å²) in [5.74, 6) is 0.803. The Labute approximate surface area is 169 Å². The molecule has 0 saturated heterocycles. The van der Waals surface area contributed by atoms with Crippen LogP contribution in [0.25, 0.3) is 0 Å². The van der Waals surface area contributed by atoms with E-state index in [1.165, 1.54) is 11.8 Å². The van der Waals surface area contributed by atoms with Crippen molar-refractivity contribution in [2.24, 2.45) is 0 Å². The van der Waals surface area contributed by atoms with Crippen LogP contribution >= 0.6 is 11.8 Å². The summed E-state index contributed by atoms with van der Waals surface area (Å²) >= 11 is 1.46. The van der Waals surface area contributed by atoms with Gasteiger partial charge in [-0.3, -0.25) is 0 Å². The van der Waals surface area contributed by atoms with E-state index in [0.717, 1.165) is 34.3 Å². The molecule has 0 aliphatic heterocycles. The minimum absolute atomic E-state index is 0.263. The largest absolute Gasteiger partial charge is 0.489 e. The van der Waals surface area contributed by atoms with Gasteiger partial charge in [0.1, 0.15) is 12.4 Å². The molecular formula is C24H22F2OS. The number of thioether (sulfide) groups is 1. The Morgan fingerprint density at radius 1 is 0.821 bits per heavy atom. The maximum atomic E-state index is 12.8. The van der Waals surface area contributed by atoms with Crippen LogP contribution in [0.3, 0.4) is 0 Å². The zero-order valence-electron chi connectivity index (χ0n) is 15.4. The van der Waals surface area contributed by atoms with E-state index >= 15 is 0 Å². The standard InChI is InChI=1S/C24H22F2OS/c25-24(26)17-23(28-22-9-5-2-6-10-22)16-13-19-11-14-21(15-12-19)27-18-20-7-3-1-4-8-20/h1-12,14-15,17,23H,13,16,18H2/t23-/m1/s1. The van der Waals surface area contributed by atoms with Crippen LogP contribution in [0, 0.1) is 0 Å². The van der Waals surface area contributed by atoms with E-state index in [4.69, 9.17) is 4.74 Å². The molecule has 0 aliphatic carbocycles. The number of aryl methyl sites for hydroxylation is 1. The minimum atomic E-state index is -1.63.